The van der Waals surface area contributed by atoms with Crippen LogP contribution in [0, 0.1) is 6.92 Å². The fourth-order valence-electron chi connectivity index (χ4n) is 4.04. The highest BCUT2D eigenvalue weighted by atomic mass is 16.5. The topological polar surface area (TPSA) is 68.0 Å². The molecule has 0 bridgehead atoms. The van der Waals surface area contributed by atoms with E-state index in [0.717, 1.165) is 44.1 Å². The normalized spacial score (nSPS) is 19.0. The largest absolute Gasteiger partial charge is 0.340 e. The van der Waals surface area contributed by atoms with Crippen molar-refractivity contribution in [3.8, 4) is 0 Å². The van der Waals surface area contributed by atoms with Gasteiger partial charge in [0.15, 0.2) is 5.82 Å². The molecule has 126 valence electrons. The van der Waals surface area contributed by atoms with E-state index in [4.69, 9.17) is 4.52 Å². The van der Waals surface area contributed by atoms with E-state index in [0.29, 0.717) is 11.7 Å². The van der Waals surface area contributed by atoms with Crippen LogP contribution in [0.2, 0.25) is 0 Å². The van der Waals surface area contributed by atoms with E-state index in [1.165, 1.54) is 24.0 Å². The van der Waals surface area contributed by atoms with Gasteiger partial charge in [-0.1, -0.05) is 24.1 Å². The molecule has 4 rings (SSSR count). The number of hydrogen-bond donors (Lipinski definition) is 1. The Kier molecular flexibility index (Phi) is 3.87. The molecule has 2 aliphatic carbocycles. The van der Waals surface area contributed by atoms with E-state index in [9.17, 15) is 4.79 Å². The van der Waals surface area contributed by atoms with E-state index in [1.54, 1.807) is 6.92 Å². The number of benzene rings is 1. The molecule has 1 saturated carbocycles. The smallest absolute Gasteiger partial charge is 0.252 e. The summed E-state index contributed by atoms with van der Waals surface area (Å²) in [6.07, 6.45) is 8.53. The Hall–Kier alpha value is -2.17. The van der Waals surface area contributed by atoms with Crippen LogP contribution < -0.4 is 5.32 Å². The van der Waals surface area contributed by atoms with E-state index in [2.05, 4.69) is 27.6 Å². The van der Waals surface area contributed by atoms with Crippen molar-refractivity contribution in [2.24, 2.45) is 0 Å². The van der Waals surface area contributed by atoms with Crippen LogP contribution in [-0.2, 0) is 18.4 Å². The molecule has 1 heterocycles. The van der Waals surface area contributed by atoms with Gasteiger partial charge in [-0.25, -0.2) is 0 Å². The van der Waals surface area contributed by atoms with Crippen LogP contribution >= 0.6 is 0 Å². The number of aryl methyl sites for hydroxylation is 3. The standard InChI is InChI=1S/C19H23N3O2/c1-13-20-18(22-24-13)19(10-4-5-11-19)21-17(23)16-9-8-14-6-2-3-7-15(14)12-16/h8-9,12H,2-7,10-11H2,1H3,(H,21,23). The van der Waals surface area contributed by atoms with Crippen molar-refractivity contribution in [1.29, 1.82) is 0 Å². The molecule has 0 unspecified atom stereocenters. The SMILES string of the molecule is Cc1nc(C2(NC(=O)c3ccc4c(c3)CCCC4)CCCC2)no1. The average molecular weight is 325 g/mol. The predicted octanol–water partition coefficient (Wildman–Crippen LogP) is 3.46. The van der Waals surface area contributed by atoms with E-state index in [1.807, 2.05) is 6.07 Å². The maximum absolute atomic E-state index is 12.9. The van der Waals surface area contributed by atoms with Gasteiger partial charge in [0.2, 0.25) is 5.89 Å². The van der Waals surface area contributed by atoms with Crippen LogP contribution in [0.1, 0.15) is 71.7 Å². The molecule has 24 heavy (non-hydrogen) atoms. The Labute approximate surface area is 141 Å². The van der Waals surface area contributed by atoms with Gasteiger partial charge in [-0.05, 0) is 61.8 Å². The maximum Gasteiger partial charge on any atom is 0.252 e. The van der Waals surface area contributed by atoms with Crippen LogP contribution in [0.4, 0.5) is 0 Å². The number of nitrogens with one attached hydrogen (secondary N) is 1. The summed E-state index contributed by atoms with van der Waals surface area (Å²) in [6, 6.07) is 6.13. The summed E-state index contributed by atoms with van der Waals surface area (Å²) in [5.74, 6) is 1.12. The van der Waals surface area contributed by atoms with Gasteiger partial charge in [0.05, 0.1) is 0 Å². The van der Waals surface area contributed by atoms with Crippen molar-refractivity contribution in [1.82, 2.24) is 15.5 Å². The molecule has 2 aliphatic rings. The number of hydrogen-bond acceptors (Lipinski definition) is 4. The van der Waals surface area contributed by atoms with Crippen molar-refractivity contribution in [3.05, 3.63) is 46.6 Å². The third-order valence-electron chi connectivity index (χ3n) is 5.38. The number of carbonyl (C=O) groups is 1. The molecular weight excluding hydrogens is 302 g/mol. The highest BCUT2D eigenvalue weighted by Gasteiger charge is 2.41. The van der Waals surface area contributed by atoms with Crippen LogP contribution in [0.5, 0.6) is 0 Å². The first-order valence-corrected chi connectivity index (χ1v) is 8.91. The molecule has 5 heteroatoms. The highest BCUT2D eigenvalue weighted by molar-refractivity contribution is 5.95. The average Bonchev–Trinajstić information content (AvgIpc) is 3.24. The second kappa shape index (κ2) is 6.04. The fourth-order valence-corrected chi connectivity index (χ4v) is 4.04. The zero-order valence-electron chi connectivity index (χ0n) is 14.1. The number of fused-ring (bicyclic) bond motifs is 1. The van der Waals surface area contributed by atoms with Crippen LogP contribution in [-0.4, -0.2) is 16.0 Å². The number of amides is 1. The van der Waals surface area contributed by atoms with E-state index < -0.39 is 5.54 Å². The maximum atomic E-state index is 12.9. The Morgan fingerprint density at radius 2 is 1.88 bits per heavy atom. The molecule has 1 amide bonds. The van der Waals surface area contributed by atoms with E-state index >= 15 is 0 Å². The lowest BCUT2D eigenvalue weighted by Crippen LogP contribution is -2.44. The lowest BCUT2D eigenvalue weighted by Gasteiger charge is -2.27. The minimum absolute atomic E-state index is 0.0345. The summed E-state index contributed by atoms with van der Waals surface area (Å²) >= 11 is 0. The number of carbonyl (C=O) groups excluding carboxylic acids is 1. The Morgan fingerprint density at radius 1 is 1.12 bits per heavy atom. The second-order valence-corrected chi connectivity index (χ2v) is 7.07. The molecular formula is C19H23N3O2. The third-order valence-corrected chi connectivity index (χ3v) is 5.38. The van der Waals surface area contributed by atoms with Gasteiger partial charge in [0.1, 0.15) is 5.54 Å². The molecule has 0 aliphatic heterocycles. The minimum Gasteiger partial charge on any atom is -0.340 e. The summed E-state index contributed by atoms with van der Waals surface area (Å²) < 4.78 is 5.15. The summed E-state index contributed by atoms with van der Waals surface area (Å²) in [7, 11) is 0. The first-order valence-electron chi connectivity index (χ1n) is 8.91. The van der Waals surface area contributed by atoms with Crippen molar-refractivity contribution in [2.75, 3.05) is 0 Å². The van der Waals surface area contributed by atoms with Gasteiger partial charge in [-0.2, -0.15) is 4.98 Å². The molecule has 1 N–H and O–H groups in total. The quantitative estimate of drug-likeness (QED) is 0.938. The summed E-state index contributed by atoms with van der Waals surface area (Å²) in [5, 5.41) is 7.31. The van der Waals surface area contributed by atoms with Gasteiger partial charge in [-0.15, -0.1) is 0 Å². The van der Waals surface area contributed by atoms with Gasteiger partial charge >= 0.3 is 0 Å². The van der Waals surface area contributed by atoms with E-state index in [-0.39, 0.29) is 5.91 Å². The van der Waals surface area contributed by atoms with Gasteiger partial charge in [-0.3, -0.25) is 4.79 Å². The molecule has 2 aromatic rings. The summed E-state index contributed by atoms with van der Waals surface area (Å²) in [6.45, 7) is 1.78. The fraction of sp³-hybridized carbons (Fsp3) is 0.526. The van der Waals surface area contributed by atoms with Crippen LogP contribution in [0.3, 0.4) is 0 Å². The molecule has 0 atom stereocenters. The van der Waals surface area contributed by atoms with Crippen molar-refractivity contribution in [2.45, 2.75) is 63.8 Å². The molecule has 0 spiro atoms. The highest BCUT2D eigenvalue weighted by Crippen LogP contribution is 2.37. The van der Waals surface area contributed by atoms with Gasteiger partial charge in [0, 0.05) is 12.5 Å². The summed E-state index contributed by atoms with van der Waals surface area (Å²) in [4.78, 5) is 17.3. The van der Waals surface area contributed by atoms with Crippen LogP contribution in [0.15, 0.2) is 22.7 Å². The minimum atomic E-state index is -0.481. The van der Waals surface area contributed by atoms with Gasteiger partial charge in [0.25, 0.3) is 5.91 Å². The number of rotatable bonds is 3. The molecule has 1 fully saturated rings. The Balaban J connectivity index is 1.60. The lowest BCUT2D eigenvalue weighted by atomic mass is 9.90. The Morgan fingerprint density at radius 3 is 2.58 bits per heavy atom. The number of aromatic nitrogens is 2. The lowest BCUT2D eigenvalue weighted by molar-refractivity contribution is 0.0891. The molecule has 5 nitrogen and oxygen atoms in total. The summed E-state index contributed by atoms with van der Waals surface area (Å²) in [5.41, 5.74) is 2.97. The van der Waals surface area contributed by atoms with Crippen LogP contribution in [0.25, 0.3) is 0 Å². The second-order valence-electron chi connectivity index (χ2n) is 7.07. The van der Waals surface area contributed by atoms with Crippen molar-refractivity contribution in [3.63, 3.8) is 0 Å². The Bertz CT molecular complexity index is 760. The number of nitrogens with zero attached hydrogens (tertiary/aromatic N) is 2. The predicted molar refractivity (Wildman–Crippen MR) is 89.7 cm³/mol. The first kappa shape index (κ1) is 15.4. The molecule has 0 saturated heterocycles. The van der Waals surface area contributed by atoms with Crippen molar-refractivity contribution >= 4 is 5.91 Å². The zero-order chi connectivity index (χ0) is 16.6. The zero-order valence-corrected chi connectivity index (χ0v) is 14.1. The third kappa shape index (κ3) is 2.72. The van der Waals surface area contributed by atoms with Gasteiger partial charge < -0.3 is 9.84 Å². The molecule has 1 aromatic carbocycles. The molecule has 1 aromatic heterocycles. The monoisotopic (exact) mass is 325 g/mol. The van der Waals surface area contributed by atoms with Crippen molar-refractivity contribution < 1.29 is 9.32 Å². The molecule has 0 radical (unpaired) electrons. The first-order chi connectivity index (χ1) is 11.7.